The van der Waals surface area contributed by atoms with Crippen molar-refractivity contribution in [1.29, 1.82) is 0 Å². The summed E-state index contributed by atoms with van der Waals surface area (Å²) in [7, 11) is 0. The van der Waals surface area contributed by atoms with E-state index in [2.05, 4.69) is 10.6 Å². The molecule has 0 aliphatic rings. The third kappa shape index (κ3) is 5.25. The summed E-state index contributed by atoms with van der Waals surface area (Å²) in [5, 5.41) is 6.70. The number of hydrogen-bond acceptors (Lipinski definition) is 2. The first-order valence-corrected chi connectivity index (χ1v) is 8.84. The first kappa shape index (κ1) is 19.9. The number of carbonyl (C=O) groups excluding carboxylic acids is 2. The van der Waals surface area contributed by atoms with E-state index in [4.69, 9.17) is 46.4 Å². The maximum absolute atomic E-state index is 12.4. The van der Waals surface area contributed by atoms with Crippen LogP contribution in [0.1, 0.15) is 13.3 Å². The summed E-state index contributed by atoms with van der Waals surface area (Å²) in [5.74, 6) is -1.78. The van der Waals surface area contributed by atoms with Crippen molar-refractivity contribution in [2.75, 3.05) is 10.6 Å². The van der Waals surface area contributed by atoms with Gasteiger partial charge in [-0.1, -0.05) is 53.3 Å². The van der Waals surface area contributed by atoms with Gasteiger partial charge in [0.15, 0.2) is 0 Å². The van der Waals surface area contributed by atoms with Gasteiger partial charge in [-0.2, -0.15) is 0 Å². The van der Waals surface area contributed by atoms with Crippen LogP contribution in [-0.2, 0) is 9.59 Å². The van der Waals surface area contributed by atoms with Gasteiger partial charge in [-0.05, 0) is 42.8 Å². The molecule has 0 saturated heterocycles. The quantitative estimate of drug-likeness (QED) is 0.592. The molecule has 2 N–H and O–H groups in total. The molecule has 0 spiro atoms. The lowest BCUT2D eigenvalue weighted by Crippen LogP contribution is -2.33. The van der Waals surface area contributed by atoms with Crippen LogP contribution in [0, 0.1) is 5.92 Å². The van der Waals surface area contributed by atoms with Crippen LogP contribution in [0.2, 0.25) is 20.1 Å². The summed E-state index contributed by atoms with van der Waals surface area (Å²) in [6, 6.07) is 9.38. The van der Waals surface area contributed by atoms with Crippen LogP contribution in [0.4, 0.5) is 11.4 Å². The van der Waals surface area contributed by atoms with Gasteiger partial charge in [0.2, 0.25) is 11.8 Å². The maximum Gasteiger partial charge on any atom is 0.236 e. The molecule has 8 heteroatoms. The van der Waals surface area contributed by atoms with Crippen molar-refractivity contribution in [3.05, 3.63) is 56.5 Å². The maximum atomic E-state index is 12.4. The second-order valence-corrected chi connectivity index (χ2v) is 6.83. The Kier molecular flexibility index (Phi) is 6.96. The van der Waals surface area contributed by atoms with E-state index < -0.39 is 17.7 Å². The molecule has 0 aliphatic heterocycles. The van der Waals surface area contributed by atoms with E-state index in [1.807, 2.05) is 0 Å². The first-order chi connectivity index (χ1) is 11.8. The fourth-order valence-corrected chi connectivity index (χ4v) is 2.69. The number of halogens is 4. The van der Waals surface area contributed by atoms with Crippen molar-refractivity contribution >= 4 is 69.6 Å². The molecule has 25 heavy (non-hydrogen) atoms. The van der Waals surface area contributed by atoms with Crippen molar-refractivity contribution in [3.63, 3.8) is 0 Å². The Morgan fingerprint density at radius 2 is 1.20 bits per heavy atom. The second-order valence-electron chi connectivity index (χ2n) is 5.20. The van der Waals surface area contributed by atoms with Gasteiger partial charge in [-0.25, -0.2) is 0 Å². The highest BCUT2D eigenvalue weighted by Crippen LogP contribution is 2.27. The fraction of sp³-hybridized carbons (Fsp3) is 0.176. The third-order valence-electron chi connectivity index (χ3n) is 3.42. The molecule has 132 valence electrons. The van der Waals surface area contributed by atoms with E-state index in [0.717, 1.165) is 0 Å². The van der Waals surface area contributed by atoms with Crippen LogP contribution in [0.5, 0.6) is 0 Å². The van der Waals surface area contributed by atoms with Crippen LogP contribution >= 0.6 is 46.4 Å². The van der Waals surface area contributed by atoms with Crippen molar-refractivity contribution in [2.24, 2.45) is 5.92 Å². The average molecular weight is 420 g/mol. The Morgan fingerprint density at radius 1 is 0.800 bits per heavy atom. The lowest BCUT2D eigenvalue weighted by atomic mass is 10.0. The minimum absolute atomic E-state index is 0.313. The number of amides is 2. The molecule has 0 bridgehead atoms. The molecule has 4 nitrogen and oxygen atoms in total. The molecule has 2 aromatic rings. The number of benzene rings is 2. The standard InChI is InChI=1S/C17H14Cl4N2O2/c1-2-11(16(24)22-9-3-5-12(18)14(20)7-9)17(25)23-10-4-6-13(19)15(21)8-10/h3-8,11H,2H2,1H3,(H,22,24)(H,23,25). The fourth-order valence-electron chi connectivity index (χ4n) is 2.10. The highest BCUT2D eigenvalue weighted by Gasteiger charge is 2.25. The molecule has 2 amide bonds. The zero-order valence-corrected chi connectivity index (χ0v) is 16.1. The zero-order chi connectivity index (χ0) is 18.6. The molecule has 0 atom stereocenters. The number of carbonyl (C=O) groups is 2. The molecular weight excluding hydrogens is 406 g/mol. The summed E-state index contributed by atoms with van der Waals surface area (Å²) in [6.07, 6.45) is 0.320. The van der Waals surface area contributed by atoms with Crippen molar-refractivity contribution in [2.45, 2.75) is 13.3 Å². The summed E-state index contributed by atoms with van der Waals surface area (Å²) >= 11 is 23.5. The van der Waals surface area contributed by atoms with E-state index in [1.165, 1.54) is 12.1 Å². The highest BCUT2D eigenvalue weighted by atomic mass is 35.5. The van der Waals surface area contributed by atoms with Gasteiger partial charge in [0.05, 0.1) is 20.1 Å². The van der Waals surface area contributed by atoms with E-state index >= 15 is 0 Å². The van der Waals surface area contributed by atoms with Gasteiger partial charge in [0.1, 0.15) is 5.92 Å². The van der Waals surface area contributed by atoms with Crippen LogP contribution in [0.3, 0.4) is 0 Å². The Balaban J connectivity index is 2.08. The van der Waals surface area contributed by atoms with Gasteiger partial charge >= 0.3 is 0 Å². The summed E-state index contributed by atoms with van der Waals surface area (Å²) in [4.78, 5) is 24.8. The first-order valence-electron chi connectivity index (χ1n) is 7.33. The molecule has 0 aromatic heterocycles. The topological polar surface area (TPSA) is 58.2 Å². The molecule has 0 unspecified atom stereocenters. The zero-order valence-electron chi connectivity index (χ0n) is 13.1. The monoisotopic (exact) mass is 418 g/mol. The molecule has 2 aromatic carbocycles. The predicted octanol–water partition coefficient (Wildman–Crippen LogP) is 5.90. The molecule has 0 saturated carbocycles. The Hall–Kier alpha value is -1.46. The van der Waals surface area contributed by atoms with E-state index in [0.29, 0.717) is 37.9 Å². The molecule has 0 heterocycles. The molecule has 2 rings (SSSR count). The third-order valence-corrected chi connectivity index (χ3v) is 4.89. The van der Waals surface area contributed by atoms with Crippen molar-refractivity contribution < 1.29 is 9.59 Å². The molecule has 0 radical (unpaired) electrons. The Bertz CT molecular complexity index is 746. The van der Waals surface area contributed by atoms with Crippen LogP contribution in [-0.4, -0.2) is 11.8 Å². The normalized spacial score (nSPS) is 10.6. The Labute approximate surface area is 165 Å². The number of rotatable bonds is 5. The molecule has 0 aliphatic carbocycles. The summed E-state index contributed by atoms with van der Waals surface area (Å²) < 4.78 is 0. The molecule has 0 fully saturated rings. The average Bonchev–Trinajstić information content (AvgIpc) is 2.55. The lowest BCUT2D eigenvalue weighted by molar-refractivity contribution is -0.129. The van der Waals surface area contributed by atoms with Gasteiger partial charge < -0.3 is 10.6 Å². The van der Waals surface area contributed by atoms with Gasteiger partial charge in [0.25, 0.3) is 0 Å². The molecular formula is C17H14Cl4N2O2. The highest BCUT2D eigenvalue weighted by molar-refractivity contribution is 6.42. The predicted molar refractivity (Wildman–Crippen MR) is 104 cm³/mol. The minimum Gasteiger partial charge on any atom is -0.325 e. The summed E-state index contributed by atoms with van der Waals surface area (Å²) in [5.41, 5.74) is 0.917. The SMILES string of the molecule is CCC(C(=O)Nc1ccc(Cl)c(Cl)c1)C(=O)Nc1ccc(Cl)c(Cl)c1. The van der Waals surface area contributed by atoms with E-state index in [-0.39, 0.29) is 0 Å². The number of nitrogens with one attached hydrogen (secondary N) is 2. The number of hydrogen-bond donors (Lipinski definition) is 2. The summed E-state index contributed by atoms with van der Waals surface area (Å²) in [6.45, 7) is 1.74. The number of anilines is 2. The van der Waals surface area contributed by atoms with Crippen molar-refractivity contribution in [3.8, 4) is 0 Å². The Morgan fingerprint density at radius 3 is 1.52 bits per heavy atom. The largest absolute Gasteiger partial charge is 0.325 e. The van der Waals surface area contributed by atoms with Crippen LogP contribution in [0.25, 0.3) is 0 Å². The van der Waals surface area contributed by atoms with Crippen LogP contribution < -0.4 is 10.6 Å². The van der Waals surface area contributed by atoms with Crippen LogP contribution in [0.15, 0.2) is 36.4 Å². The van der Waals surface area contributed by atoms with E-state index in [1.54, 1.807) is 31.2 Å². The van der Waals surface area contributed by atoms with Crippen molar-refractivity contribution in [1.82, 2.24) is 0 Å². The minimum atomic E-state index is -0.885. The van der Waals surface area contributed by atoms with Gasteiger partial charge in [-0.15, -0.1) is 0 Å². The van der Waals surface area contributed by atoms with Gasteiger partial charge in [-0.3, -0.25) is 9.59 Å². The second kappa shape index (κ2) is 8.77. The lowest BCUT2D eigenvalue weighted by Gasteiger charge is -2.15. The smallest absolute Gasteiger partial charge is 0.236 e. The van der Waals surface area contributed by atoms with E-state index in [9.17, 15) is 9.59 Å². The van der Waals surface area contributed by atoms with Gasteiger partial charge in [0, 0.05) is 11.4 Å².